The maximum Gasteiger partial charge on any atom is 0.0991 e. The van der Waals surface area contributed by atoms with Crippen molar-refractivity contribution in [3.8, 4) is 6.07 Å². The minimum atomic E-state index is 0.648. The smallest absolute Gasteiger partial charge is 0.0991 e. The molecule has 3 N–H and O–H groups in total. The van der Waals surface area contributed by atoms with Crippen molar-refractivity contribution >= 4 is 0 Å². The van der Waals surface area contributed by atoms with Gasteiger partial charge in [-0.15, -0.1) is 0 Å². The summed E-state index contributed by atoms with van der Waals surface area (Å²) >= 11 is 0. The topological polar surface area (TPSA) is 61.8 Å². The Balaban J connectivity index is 2.65. The van der Waals surface area contributed by atoms with E-state index >= 15 is 0 Å². The minimum absolute atomic E-state index is 0.648. The van der Waals surface area contributed by atoms with E-state index in [0.717, 1.165) is 18.7 Å². The summed E-state index contributed by atoms with van der Waals surface area (Å²) in [6.45, 7) is 4.30. The maximum absolute atomic E-state index is 8.68. The normalized spacial score (nSPS) is 9.79. The zero-order valence-corrected chi connectivity index (χ0v) is 8.38. The third kappa shape index (κ3) is 2.84. The zero-order chi connectivity index (χ0) is 10.4. The first-order valence-corrected chi connectivity index (χ1v) is 4.68. The van der Waals surface area contributed by atoms with E-state index in [1.54, 1.807) is 0 Å². The van der Waals surface area contributed by atoms with Crippen molar-refractivity contribution in [2.45, 2.75) is 13.5 Å². The average Bonchev–Trinajstić information content (AvgIpc) is 2.20. The molecule has 0 unspecified atom stereocenters. The van der Waals surface area contributed by atoms with Gasteiger partial charge >= 0.3 is 0 Å². The molecule has 74 valence electrons. The molecule has 0 saturated heterocycles. The van der Waals surface area contributed by atoms with E-state index in [9.17, 15) is 0 Å². The number of rotatable bonds is 4. The van der Waals surface area contributed by atoms with E-state index < -0.39 is 0 Å². The summed E-state index contributed by atoms with van der Waals surface area (Å²) in [6, 6.07) is 7.85. The Morgan fingerprint density at radius 2 is 2.29 bits per heavy atom. The van der Waals surface area contributed by atoms with E-state index in [4.69, 9.17) is 11.0 Å². The van der Waals surface area contributed by atoms with E-state index in [1.807, 2.05) is 25.1 Å². The third-order valence-electron chi connectivity index (χ3n) is 2.11. The minimum Gasteiger partial charge on any atom is -0.329 e. The summed E-state index contributed by atoms with van der Waals surface area (Å²) in [5.41, 5.74) is 8.45. The summed E-state index contributed by atoms with van der Waals surface area (Å²) in [6.07, 6.45) is 0. The lowest BCUT2D eigenvalue weighted by Crippen LogP contribution is -2.22. The van der Waals surface area contributed by atoms with Gasteiger partial charge in [0.15, 0.2) is 0 Å². The second kappa shape index (κ2) is 5.38. The van der Waals surface area contributed by atoms with Crippen LogP contribution in [0.1, 0.15) is 16.7 Å². The Morgan fingerprint density at radius 1 is 1.50 bits per heavy atom. The van der Waals surface area contributed by atoms with Crippen molar-refractivity contribution in [1.29, 1.82) is 5.26 Å². The Hall–Kier alpha value is -1.37. The maximum atomic E-state index is 8.68. The van der Waals surface area contributed by atoms with Gasteiger partial charge in [0.1, 0.15) is 0 Å². The highest BCUT2D eigenvalue weighted by molar-refractivity contribution is 5.37. The molecule has 1 aromatic rings. The summed E-state index contributed by atoms with van der Waals surface area (Å²) < 4.78 is 0. The molecule has 0 amide bonds. The Kier molecular flexibility index (Phi) is 4.11. The first kappa shape index (κ1) is 10.7. The zero-order valence-electron chi connectivity index (χ0n) is 8.38. The highest BCUT2D eigenvalue weighted by Crippen LogP contribution is 2.09. The van der Waals surface area contributed by atoms with Crippen molar-refractivity contribution < 1.29 is 0 Å². The molecule has 0 aliphatic rings. The molecule has 0 radical (unpaired) electrons. The van der Waals surface area contributed by atoms with E-state index in [2.05, 4.69) is 11.4 Å². The Labute approximate surface area is 84.5 Å². The van der Waals surface area contributed by atoms with Crippen LogP contribution in [0.4, 0.5) is 0 Å². The van der Waals surface area contributed by atoms with Gasteiger partial charge in [-0.05, 0) is 30.2 Å². The quantitative estimate of drug-likeness (QED) is 0.692. The summed E-state index contributed by atoms with van der Waals surface area (Å²) in [5.74, 6) is 0. The molecule has 3 heteroatoms. The number of aryl methyl sites for hydroxylation is 1. The van der Waals surface area contributed by atoms with Crippen molar-refractivity contribution in [2.75, 3.05) is 13.1 Å². The summed E-state index contributed by atoms with van der Waals surface area (Å²) in [7, 11) is 0. The highest BCUT2D eigenvalue weighted by Gasteiger charge is 1.98. The van der Waals surface area contributed by atoms with Crippen LogP contribution in [-0.2, 0) is 6.54 Å². The fraction of sp³-hybridized carbons (Fsp3) is 0.364. The summed E-state index contributed by atoms with van der Waals surface area (Å²) in [4.78, 5) is 0. The van der Waals surface area contributed by atoms with Gasteiger partial charge < -0.3 is 11.1 Å². The molecule has 0 spiro atoms. The van der Waals surface area contributed by atoms with Gasteiger partial charge in [0, 0.05) is 19.6 Å². The molecule has 1 rings (SSSR count). The Morgan fingerprint density at radius 3 is 2.86 bits per heavy atom. The standard InChI is InChI=1S/C11H15N3/c1-9-6-10(7-13)2-3-11(9)8-14-5-4-12/h2-3,6,14H,4-5,8,12H2,1H3. The first-order valence-electron chi connectivity index (χ1n) is 4.68. The van der Waals surface area contributed by atoms with Crippen LogP contribution >= 0.6 is 0 Å². The average molecular weight is 189 g/mol. The molecule has 3 nitrogen and oxygen atoms in total. The van der Waals surface area contributed by atoms with Gasteiger partial charge in [0.05, 0.1) is 11.6 Å². The van der Waals surface area contributed by atoms with Gasteiger partial charge in [0.25, 0.3) is 0 Å². The van der Waals surface area contributed by atoms with Gasteiger partial charge in [-0.25, -0.2) is 0 Å². The van der Waals surface area contributed by atoms with E-state index in [1.165, 1.54) is 5.56 Å². The van der Waals surface area contributed by atoms with Crippen LogP contribution in [0.25, 0.3) is 0 Å². The van der Waals surface area contributed by atoms with Crippen LogP contribution < -0.4 is 11.1 Å². The Bertz CT molecular complexity index is 339. The number of hydrogen-bond donors (Lipinski definition) is 2. The molecule has 0 heterocycles. The molecule has 0 fully saturated rings. The van der Waals surface area contributed by atoms with Crippen LogP contribution in [0.15, 0.2) is 18.2 Å². The van der Waals surface area contributed by atoms with Gasteiger partial charge in [-0.2, -0.15) is 5.26 Å². The molecule has 0 atom stereocenters. The molecule has 14 heavy (non-hydrogen) atoms. The molecule has 0 aromatic heterocycles. The molecule has 0 aliphatic heterocycles. The fourth-order valence-electron chi connectivity index (χ4n) is 1.29. The number of nitriles is 1. The molecule has 0 saturated carbocycles. The first-order chi connectivity index (χ1) is 6.77. The number of nitrogens with one attached hydrogen (secondary N) is 1. The van der Waals surface area contributed by atoms with Gasteiger partial charge in [-0.1, -0.05) is 6.07 Å². The van der Waals surface area contributed by atoms with Gasteiger partial charge in [-0.3, -0.25) is 0 Å². The fourth-order valence-corrected chi connectivity index (χ4v) is 1.29. The lowest BCUT2D eigenvalue weighted by molar-refractivity contribution is 0.692. The van der Waals surface area contributed by atoms with Crippen LogP contribution in [0.2, 0.25) is 0 Å². The van der Waals surface area contributed by atoms with Crippen molar-refractivity contribution in [3.63, 3.8) is 0 Å². The van der Waals surface area contributed by atoms with Gasteiger partial charge in [0.2, 0.25) is 0 Å². The van der Waals surface area contributed by atoms with Crippen LogP contribution in [0, 0.1) is 18.3 Å². The number of nitrogens with two attached hydrogens (primary N) is 1. The third-order valence-corrected chi connectivity index (χ3v) is 2.11. The number of benzene rings is 1. The molecule has 0 bridgehead atoms. The number of hydrogen-bond acceptors (Lipinski definition) is 3. The van der Waals surface area contributed by atoms with Crippen LogP contribution in [0.3, 0.4) is 0 Å². The second-order valence-corrected chi connectivity index (χ2v) is 3.22. The van der Waals surface area contributed by atoms with E-state index in [0.29, 0.717) is 12.1 Å². The predicted molar refractivity (Wildman–Crippen MR) is 56.7 cm³/mol. The van der Waals surface area contributed by atoms with Crippen molar-refractivity contribution in [1.82, 2.24) is 5.32 Å². The lowest BCUT2D eigenvalue weighted by Gasteiger charge is -2.06. The molecular weight excluding hydrogens is 174 g/mol. The van der Waals surface area contributed by atoms with E-state index in [-0.39, 0.29) is 0 Å². The monoisotopic (exact) mass is 189 g/mol. The largest absolute Gasteiger partial charge is 0.329 e. The van der Waals surface area contributed by atoms with Crippen LogP contribution in [0.5, 0.6) is 0 Å². The molecule has 0 aliphatic carbocycles. The SMILES string of the molecule is Cc1cc(C#N)ccc1CNCCN. The lowest BCUT2D eigenvalue weighted by atomic mass is 10.1. The number of nitrogens with zero attached hydrogens (tertiary/aromatic N) is 1. The second-order valence-electron chi connectivity index (χ2n) is 3.22. The molecule has 1 aromatic carbocycles. The van der Waals surface area contributed by atoms with Crippen LogP contribution in [-0.4, -0.2) is 13.1 Å². The summed E-state index contributed by atoms with van der Waals surface area (Å²) in [5, 5.41) is 11.9. The predicted octanol–water partition coefficient (Wildman–Crippen LogP) is 0.915. The van der Waals surface area contributed by atoms with Crippen molar-refractivity contribution in [2.24, 2.45) is 5.73 Å². The molecular formula is C11H15N3. The van der Waals surface area contributed by atoms with Crippen molar-refractivity contribution in [3.05, 3.63) is 34.9 Å². The highest BCUT2D eigenvalue weighted by atomic mass is 14.9.